The first-order chi connectivity index (χ1) is 14.5. The molecule has 4 rings (SSSR count). The van der Waals surface area contributed by atoms with Crippen molar-refractivity contribution in [3.05, 3.63) is 54.4 Å². The van der Waals surface area contributed by atoms with E-state index >= 15 is 0 Å². The molecule has 2 N–H and O–H groups in total. The summed E-state index contributed by atoms with van der Waals surface area (Å²) in [5, 5.41) is 7.63. The number of nitrogens with zero attached hydrogens (tertiary/aromatic N) is 2. The fraction of sp³-hybridized carbons (Fsp3) is 0.200. The number of hydrogen-bond acceptors (Lipinski definition) is 3. The maximum absolute atomic E-state index is 13.5. The molecule has 1 unspecified atom stereocenters. The number of halogens is 7. The number of alkyl halides is 6. The minimum Gasteiger partial charge on any atom is -0.481 e. The molecule has 32 heavy (non-hydrogen) atoms. The summed E-state index contributed by atoms with van der Waals surface area (Å²) in [4.78, 5) is 7.13. The molecule has 0 fully saturated rings. The SMILES string of the molecule is CC(Oc1ccc(-c2cc(-c3ccnc4[nH]ccc34)[nH]n2)cc1C(F)(F)F)C(F)(F)F.Cl. The third kappa shape index (κ3) is 4.52. The molecule has 0 aliphatic carbocycles. The topological polar surface area (TPSA) is 66.6 Å². The first-order valence-electron chi connectivity index (χ1n) is 8.97. The van der Waals surface area contributed by atoms with Gasteiger partial charge in [-0.25, -0.2) is 4.98 Å². The van der Waals surface area contributed by atoms with Crippen molar-refractivity contribution >= 4 is 23.4 Å². The van der Waals surface area contributed by atoms with Gasteiger partial charge in [-0.1, -0.05) is 0 Å². The van der Waals surface area contributed by atoms with Gasteiger partial charge in [0, 0.05) is 28.9 Å². The average molecular weight is 477 g/mol. The van der Waals surface area contributed by atoms with Gasteiger partial charge in [0.25, 0.3) is 0 Å². The Labute approximate surface area is 183 Å². The van der Waals surface area contributed by atoms with Crippen LogP contribution in [0.1, 0.15) is 12.5 Å². The van der Waals surface area contributed by atoms with Crippen molar-refractivity contribution in [2.45, 2.75) is 25.4 Å². The minimum absolute atomic E-state index is 0. The Balaban J connectivity index is 0.00000289. The molecule has 0 aliphatic heterocycles. The number of pyridine rings is 1. The molecule has 4 aromatic rings. The molecular formula is C20H15ClF6N4O. The highest BCUT2D eigenvalue weighted by Crippen LogP contribution is 2.40. The summed E-state index contributed by atoms with van der Waals surface area (Å²) < 4.78 is 83.3. The van der Waals surface area contributed by atoms with Crippen LogP contribution in [0.5, 0.6) is 5.75 Å². The predicted molar refractivity (Wildman–Crippen MR) is 108 cm³/mol. The van der Waals surface area contributed by atoms with E-state index in [9.17, 15) is 26.3 Å². The second kappa shape index (κ2) is 8.38. The Bertz CT molecular complexity index is 1230. The van der Waals surface area contributed by atoms with Gasteiger partial charge in [-0.2, -0.15) is 31.4 Å². The molecular weight excluding hydrogens is 462 g/mol. The number of rotatable bonds is 4. The van der Waals surface area contributed by atoms with Gasteiger partial charge in [0.1, 0.15) is 11.4 Å². The lowest BCUT2D eigenvalue weighted by molar-refractivity contribution is -0.191. The quantitative estimate of drug-likeness (QED) is 0.335. The van der Waals surface area contributed by atoms with Crippen LogP contribution in [0.3, 0.4) is 0 Å². The summed E-state index contributed by atoms with van der Waals surface area (Å²) in [6.07, 6.45) is -8.84. The molecule has 5 nitrogen and oxygen atoms in total. The van der Waals surface area contributed by atoms with Gasteiger partial charge in [0.2, 0.25) is 0 Å². The van der Waals surface area contributed by atoms with Crippen LogP contribution in [0.2, 0.25) is 0 Å². The molecule has 0 aliphatic rings. The maximum Gasteiger partial charge on any atom is 0.425 e. The van der Waals surface area contributed by atoms with Crippen LogP contribution in [0.15, 0.2) is 48.8 Å². The van der Waals surface area contributed by atoms with Crippen LogP contribution in [-0.2, 0) is 6.18 Å². The molecule has 170 valence electrons. The summed E-state index contributed by atoms with van der Waals surface area (Å²) >= 11 is 0. The summed E-state index contributed by atoms with van der Waals surface area (Å²) in [5.74, 6) is -0.903. The zero-order valence-electron chi connectivity index (χ0n) is 16.2. The Morgan fingerprint density at radius 1 is 1.00 bits per heavy atom. The van der Waals surface area contributed by atoms with Crippen LogP contribution in [0, 0.1) is 0 Å². The normalized spacial score (nSPS) is 13.1. The second-order valence-corrected chi connectivity index (χ2v) is 6.78. The fourth-order valence-electron chi connectivity index (χ4n) is 3.07. The minimum atomic E-state index is -4.92. The average Bonchev–Trinajstić information content (AvgIpc) is 3.36. The molecule has 0 saturated carbocycles. The molecule has 0 spiro atoms. The Hall–Kier alpha value is -3.21. The van der Waals surface area contributed by atoms with E-state index in [0.717, 1.165) is 23.1 Å². The largest absolute Gasteiger partial charge is 0.481 e. The number of fused-ring (bicyclic) bond motifs is 1. The molecule has 3 aromatic heterocycles. The van der Waals surface area contributed by atoms with Crippen LogP contribution >= 0.6 is 12.4 Å². The summed E-state index contributed by atoms with van der Waals surface area (Å²) in [5.41, 5.74) is 0.857. The predicted octanol–water partition coefficient (Wildman–Crippen LogP) is 6.39. The lowest BCUT2D eigenvalue weighted by Gasteiger charge is -2.21. The van der Waals surface area contributed by atoms with Gasteiger partial charge in [0.05, 0.1) is 17.0 Å². The van der Waals surface area contributed by atoms with Gasteiger partial charge in [-0.05, 0) is 43.3 Å². The van der Waals surface area contributed by atoms with Crippen LogP contribution < -0.4 is 4.74 Å². The van der Waals surface area contributed by atoms with Crippen molar-refractivity contribution < 1.29 is 31.1 Å². The van der Waals surface area contributed by atoms with Gasteiger partial charge < -0.3 is 9.72 Å². The van der Waals surface area contributed by atoms with E-state index in [2.05, 4.69) is 24.9 Å². The van der Waals surface area contributed by atoms with E-state index in [1.165, 1.54) is 6.07 Å². The zero-order valence-corrected chi connectivity index (χ0v) is 17.0. The Kier molecular flexibility index (Phi) is 6.14. The molecule has 0 saturated heterocycles. The Morgan fingerprint density at radius 3 is 2.44 bits per heavy atom. The number of nitrogens with one attached hydrogen (secondary N) is 2. The van der Waals surface area contributed by atoms with Crippen molar-refractivity contribution in [1.29, 1.82) is 0 Å². The number of ether oxygens (including phenoxy) is 1. The lowest BCUT2D eigenvalue weighted by atomic mass is 10.0. The molecule has 0 amide bonds. The van der Waals surface area contributed by atoms with Crippen LogP contribution in [0.4, 0.5) is 26.3 Å². The molecule has 3 heterocycles. The highest BCUT2D eigenvalue weighted by Gasteiger charge is 2.41. The second-order valence-electron chi connectivity index (χ2n) is 6.78. The van der Waals surface area contributed by atoms with Gasteiger partial charge in [-0.3, -0.25) is 5.10 Å². The number of hydrogen-bond donors (Lipinski definition) is 2. The third-order valence-corrected chi connectivity index (χ3v) is 4.67. The van der Waals surface area contributed by atoms with Gasteiger partial charge in [0.15, 0.2) is 6.10 Å². The highest BCUT2D eigenvalue weighted by molar-refractivity contribution is 5.92. The number of aromatic amines is 2. The van der Waals surface area contributed by atoms with Crippen LogP contribution in [0.25, 0.3) is 33.5 Å². The molecule has 0 radical (unpaired) electrons. The Morgan fingerprint density at radius 2 is 1.75 bits per heavy atom. The maximum atomic E-state index is 13.5. The van der Waals surface area contributed by atoms with Crippen molar-refractivity contribution in [2.24, 2.45) is 0 Å². The van der Waals surface area contributed by atoms with Crippen molar-refractivity contribution in [3.63, 3.8) is 0 Å². The van der Waals surface area contributed by atoms with E-state index < -0.39 is 29.8 Å². The van der Waals surface area contributed by atoms with Crippen molar-refractivity contribution in [3.8, 4) is 28.3 Å². The standard InChI is InChI=1S/C20H14F6N4O.ClH/c1-10(19(21,22)23)31-17-3-2-11(8-14(17)20(24,25)26)15-9-16(30-29-15)12-4-6-27-18-13(12)5-7-28-18;/h2-10H,1H3,(H,27,28)(H,29,30);1H. The van der Waals surface area contributed by atoms with E-state index in [-0.39, 0.29) is 23.7 Å². The van der Waals surface area contributed by atoms with Gasteiger partial charge in [-0.15, -0.1) is 12.4 Å². The van der Waals surface area contributed by atoms with Gasteiger partial charge >= 0.3 is 12.4 Å². The molecule has 1 aromatic carbocycles. The smallest absolute Gasteiger partial charge is 0.425 e. The van der Waals surface area contributed by atoms with E-state index in [1.54, 1.807) is 30.6 Å². The number of benzene rings is 1. The summed E-state index contributed by atoms with van der Waals surface area (Å²) in [6, 6.07) is 7.89. The monoisotopic (exact) mass is 476 g/mol. The number of H-pyrrole nitrogens is 2. The molecule has 0 bridgehead atoms. The fourth-order valence-corrected chi connectivity index (χ4v) is 3.07. The lowest BCUT2D eigenvalue weighted by Crippen LogP contribution is -2.31. The third-order valence-electron chi connectivity index (χ3n) is 4.67. The van der Waals surface area contributed by atoms with E-state index in [4.69, 9.17) is 0 Å². The first-order valence-corrected chi connectivity index (χ1v) is 8.97. The van der Waals surface area contributed by atoms with Crippen molar-refractivity contribution in [2.75, 3.05) is 0 Å². The molecule has 12 heteroatoms. The summed E-state index contributed by atoms with van der Waals surface area (Å²) in [6.45, 7) is 0.643. The van der Waals surface area contributed by atoms with Crippen LogP contribution in [-0.4, -0.2) is 32.4 Å². The van der Waals surface area contributed by atoms with E-state index in [0.29, 0.717) is 18.3 Å². The highest BCUT2D eigenvalue weighted by atomic mass is 35.5. The summed E-state index contributed by atoms with van der Waals surface area (Å²) in [7, 11) is 0. The van der Waals surface area contributed by atoms with Crippen molar-refractivity contribution in [1.82, 2.24) is 20.2 Å². The van der Waals surface area contributed by atoms with E-state index in [1.807, 2.05) is 0 Å². The molecule has 1 atom stereocenters. The number of aromatic nitrogens is 4. The first kappa shape index (κ1) is 23.5. The zero-order chi connectivity index (χ0) is 22.4.